The molecule has 0 aromatic carbocycles. The van der Waals surface area contributed by atoms with E-state index in [1.165, 1.54) is 25.7 Å². The summed E-state index contributed by atoms with van der Waals surface area (Å²) in [6.07, 6.45) is 7.11. The Hall–Kier alpha value is -0.570. The van der Waals surface area contributed by atoms with Crippen molar-refractivity contribution in [1.82, 2.24) is 10.6 Å². The zero-order chi connectivity index (χ0) is 13.1. The van der Waals surface area contributed by atoms with Crippen LogP contribution in [0.2, 0.25) is 0 Å². The summed E-state index contributed by atoms with van der Waals surface area (Å²) in [6, 6.07) is 1.37. The molecule has 1 saturated heterocycles. The summed E-state index contributed by atoms with van der Waals surface area (Å²) in [4.78, 5) is 12.4. The average molecular weight is 252 g/mol. The molecule has 1 aliphatic heterocycles. The minimum Gasteiger partial charge on any atom is -0.353 e. The Kier molecular flexibility index (Phi) is 4.66. The molecule has 0 spiro atoms. The van der Waals surface area contributed by atoms with Gasteiger partial charge in [-0.1, -0.05) is 19.8 Å². The van der Waals surface area contributed by atoms with Crippen LogP contribution in [0.5, 0.6) is 0 Å². The summed E-state index contributed by atoms with van der Waals surface area (Å²) < 4.78 is 0. The molecule has 0 aromatic rings. The van der Waals surface area contributed by atoms with Crippen LogP contribution in [-0.4, -0.2) is 24.0 Å². The van der Waals surface area contributed by atoms with Crippen molar-refractivity contribution in [2.45, 2.75) is 77.4 Å². The predicted molar refractivity (Wildman–Crippen MR) is 74.3 cm³/mol. The van der Waals surface area contributed by atoms with Crippen LogP contribution in [0.25, 0.3) is 0 Å². The summed E-state index contributed by atoms with van der Waals surface area (Å²) in [5.41, 5.74) is 0. The fourth-order valence-electron chi connectivity index (χ4n) is 3.59. The van der Waals surface area contributed by atoms with Crippen molar-refractivity contribution in [3.05, 3.63) is 0 Å². The predicted octanol–water partition coefficient (Wildman–Crippen LogP) is 2.46. The molecular weight excluding hydrogens is 224 g/mol. The first-order chi connectivity index (χ1) is 8.61. The molecule has 2 N–H and O–H groups in total. The molecule has 2 aliphatic rings. The van der Waals surface area contributed by atoms with Crippen molar-refractivity contribution in [2.75, 3.05) is 0 Å². The van der Waals surface area contributed by atoms with Gasteiger partial charge in [-0.3, -0.25) is 4.79 Å². The van der Waals surface area contributed by atoms with Gasteiger partial charge in [-0.25, -0.2) is 0 Å². The molecule has 18 heavy (non-hydrogen) atoms. The maximum atomic E-state index is 12.4. The molecule has 104 valence electrons. The summed E-state index contributed by atoms with van der Waals surface area (Å²) >= 11 is 0. The van der Waals surface area contributed by atoms with Crippen LogP contribution < -0.4 is 10.6 Å². The van der Waals surface area contributed by atoms with E-state index in [1.807, 2.05) is 0 Å². The van der Waals surface area contributed by atoms with Gasteiger partial charge in [0.15, 0.2) is 0 Å². The highest BCUT2D eigenvalue weighted by atomic mass is 16.2. The monoisotopic (exact) mass is 252 g/mol. The van der Waals surface area contributed by atoms with Crippen molar-refractivity contribution < 1.29 is 4.79 Å². The van der Waals surface area contributed by atoms with Gasteiger partial charge in [0.25, 0.3) is 0 Å². The minimum atomic E-state index is 0.237. The number of amides is 1. The topological polar surface area (TPSA) is 41.1 Å². The second-order valence-electron chi connectivity index (χ2n) is 6.28. The third-order valence-corrected chi connectivity index (χ3v) is 4.78. The number of rotatable bonds is 3. The molecule has 1 heterocycles. The van der Waals surface area contributed by atoms with Crippen LogP contribution in [-0.2, 0) is 4.79 Å². The molecule has 0 unspecified atom stereocenters. The number of carbonyl (C=O) groups is 1. The van der Waals surface area contributed by atoms with Crippen molar-refractivity contribution in [1.29, 1.82) is 0 Å². The normalized spacial score (nSPS) is 37.7. The summed E-state index contributed by atoms with van der Waals surface area (Å²) in [5.74, 6) is 1.11. The third kappa shape index (κ3) is 3.05. The number of piperidine rings is 1. The fourth-order valence-corrected chi connectivity index (χ4v) is 3.59. The molecule has 1 aliphatic carbocycles. The molecule has 3 heteroatoms. The number of nitrogens with one attached hydrogen (secondary N) is 2. The standard InChI is InChI=1S/C15H28N2O/c1-4-10(2)17-15(18)13-9-11(3)16-14-8-6-5-7-12(13)14/h10-14,16H,4-9H2,1-3H3,(H,17,18)/t10-,11-,12+,13-,14-/m0/s1. The lowest BCUT2D eigenvalue weighted by Crippen LogP contribution is -2.55. The number of fused-ring (bicyclic) bond motifs is 1. The highest BCUT2D eigenvalue weighted by Crippen LogP contribution is 2.36. The van der Waals surface area contributed by atoms with E-state index in [-0.39, 0.29) is 5.92 Å². The minimum absolute atomic E-state index is 0.237. The number of carbonyl (C=O) groups excluding carboxylic acids is 1. The molecule has 3 nitrogen and oxygen atoms in total. The van der Waals surface area contributed by atoms with Gasteiger partial charge < -0.3 is 10.6 Å². The molecule has 0 bridgehead atoms. The van der Waals surface area contributed by atoms with Gasteiger partial charge in [0.05, 0.1) is 0 Å². The lowest BCUT2D eigenvalue weighted by molar-refractivity contribution is -0.130. The Morgan fingerprint density at radius 1 is 1.39 bits per heavy atom. The molecule has 1 amide bonds. The smallest absolute Gasteiger partial charge is 0.223 e. The second kappa shape index (κ2) is 6.05. The van der Waals surface area contributed by atoms with Gasteiger partial charge in [-0.15, -0.1) is 0 Å². The van der Waals surface area contributed by atoms with Crippen molar-refractivity contribution in [2.24, 2.45) is 11.8 Å². The molecule has 2 rings (SSSR count). The molecule has 5 atom stereocenters. The van der Waals surface area contributed by atoms with Gasteiger partial charge in [-0.2, -0.15) is 0 Å². The summed E-state index contributed by atoms with van der Waals surface area (Å²) in [7, 11) is 0. The Bertz CT molecular complexity index is 292. The van der Waals surface area contributed by atoms with Crippen LogP contribution in [0, 0.1) is 11.8 Å². The first kappa shape index (κ1) is 13.9. The molecule has 0 radical (unpaired) electrons. The summed E-state index contributed by atoms with van der Waals surface area (Å²) in [5, 5.41) is 6.88. The first-order valence-electron chi connectivity index (χ1n) is 7.68. The lowest BCUT2D eigenvalue weighted by Gasteiger charge is -2.44. The van der Waals surface area contributed by atoms with Gasteiger partial charge in [0.1, 0.15) is 0 Å². The summed E-state index contributed by atoms with van der Waals surface area (Å²) in [6.45, 7) is 6.44. The van der Waals surface area contributed by atoms with E-state index in [2.05, 4.69) is 31.4 Å². The fraction of sp³-hybridized carbons (Fsp3) is 0.933. The first-order valence-corrected chi connectivity index (χ1v) is 7.68. The zero-order valence-electron chi connectivity index (χ0n) is 12.0. The SMILES string of the molecule is CC[C@H](C)NC(=O)[C@H]1C[C@H](C)N[C@H]2CCCC[C@@H]21. The number of hydrogen-bond donors (Lipinski definition) is 2. The van der Waals surface area contributed by atoms with Crippen LogP contribution >= 0.6 is 0 Å². The number of hydrogen-bond acceptors (Lipinski definition) is 2. The van der Waals surface area contributed by atoms with E-state index in [4.69, 9.17) is 0 Å². The highest BCUT2D eigenvalue weighted by molar-refractivity contribution is 5.79. The van der Waals surface area contributed by atoms with E-state index in [9.17, 15) is 4.79 Å². The van der Waals surface area contributed by atoms with Gasteiger partial charge in [0, 0.05) is 24.0 Å². The molecular formula is C15H28N2O. The molecule has 1 saturated carbocycles. The van der Waals surface area contributed by atoms with Gasteiger partial charge in [-0.05, 0) is 45.4 Å². The van der Waals surface area contributed by atoms with Crippen LogP contribution in [0.15, 0.2) is 0 Å². The average Bonchev–Trinajstić information content (AvgIpc) is 2.37. The Morgan fingerprint density at radius 2 is 2.11 bits per heavy atom. The molecule has 0 aromatic heterocycles. The van der Waals surface area contributed by atoms with E-state index >= 15 is 0 Å². The van der Waals surface area contributed by atoms with Crippen molar-refractivity contribution in [3.63, 3.8) is 0 Å². The Balaban J connectivity index is 2.01. The maximum absolute atomic E-state index is 12.4. The largest absolute Gasteiger partial charge is 0.353 e. The Morgan fingerprint density at radius 3 is 2.83 bits per heavy atom. The van der Waals surface area contributed by atoms with E-state index < -0.39 is 0 Å². The Labute approximate surface area is 111 Å². The highest BCUT2D eigenvalue weighted by Gasteiger charge is 2.40. The van der Waals surface area contributed by atoms with Gasteiger partial charge >= 0.3 is 0 Å². The lowest BCUT2D eigenvalue weighted by atomic mass is 9.71. The quantitative estimate of drug-likeness (QED) is 0.810. The van der Waals surface area contributed by atoms with E-state index in [0.29, 0.717) is 30.0 Å². The van der Waals surface area contributed by atoms with E-state index in [0.717, 1.165) is 12.8 Å². The van der Waals surface area contributed by atoms with E-state index in [1.54, 1.807) is 0 Å². The van der Waals surface area contributed by atoms with Gasteiger partial charge in [0.2, 0.25) is 5.91 Å². The van der Waals surface area contributed by atoms with Crippen molar-refractivity contribution in [3.8, 4) is 0 Å². The molecule has 2 fully saturated rings. The van der Waals surface area contributed by atoms with Crippen LogP contribution in [0.1, 0.15) is 59.3 Å². The zero-order valence-corrected chi connectivity index (χ0v) is 12.0. The second-order valence-corrected chi connectivity index (χ2v) is 6.28. The van der Waals surface area contributed by atoms with Crippen LogP contribution in [0.4, 0.5) is 0 Å². The maximum Gasteiger partial charge on any atom is 0.223 e. The van der Waals surface area contributed by atoms with Crippen molar-refractivity contribution >= 4 is 5.91 Å². The van der Waals surface area contributed by atoms with Crippen LogP contribution in [0.3, 0.4) is 0 Å². The third-order valence-electron chi connectivity index (χ3n) is 4.78.